The molecule has 24 heavy (non-hydrogen) atoms. The average Bonchev–Trinajstić information content (AvgIpc) is 3.30. The second kappa shape index (κ2) is 7.56. The Morgan fingerprint density at radius 3 is 2.54 bits per heavy atom. The monoisotopic (exact) mass is 348 g/mol. The summed E-state index contributed by atoms with van der Waals surface area (Å²) in [6, 6.07) is 7.90. The smallest absolute Gasteiger partial charge is 0.220 e. The molecule has 2 amide bonds. The first-order chi connectivity index (χ1) is 11.5. The molecule has 2 atom stereocenters. The van der Waals surface area contributed by atoms with Crippen molar-refractivity contribution in [1.82, 2.24) is 10.2 Å². The average molecular weight is 349 g/mol. The van der Waals surface area contributed by atoms with Crippen LogP contribution in [0, 0.1) is 11.8 Å². The summed E-state index contributed by atoms with van der Waals surface area (Å²) in [6.45, 7) is 3.08. The van der Waals surface area contributed by atoms with Crippen LogP contribution in [0.2, 0.25) is 5.02 Å². The van der Waals surface area contributed by atoms with Gasteiger partial charge < -0.3 is 10.2 Å². The van der Waals surface area contributed by atoms with E-state index < -0.39 is 0 Å². The van der Waals surface area contributed by atoms with Gasteiger partial charge in [0, 0.05) is 37.4 Å². The number of carbonyl (C=O) groups excluding carboxylic acids is 2. The van der Waals surface area contributed by atoms with E-state index in [0.717, 1.165) is 24.4 Å². The topological polar surface area (TPSA) is 49.4 Å². The fourth-order valence-corrected chi connectivity index (χ4v) is 3.75. The molecule has 1 aromatic rings. The van der Waals surface area contributed by atoms with E-state index in [2.05, 4.69) is 5.32 Å². The van der Waals surface area contributed by atoms with Crippen LogP contribution in [0.15, 0.2) is 24.3 Å². The van der Waals surface area contributed by atoms with Crippen LogP contribution in [-0.4, -0.2) is 35.8 Å². The highest BCUT2D eigenvalue weighted by atomic mass is 35.5. The van der Waals surface area contributed by atoms with Crippen molar-refractivity contribution >= 4 is 23.4 Å². The van der Waals surface area contributed by atoms with Crippen molar-refractivity contribution in [2.75, 3.05) is 13.1 Å². The fraction of sp³-hybridized carbons (Fsp3) is 0.579. The van der Waals surface area contributed by atoms with Crippen LogP contribution in [-0.2, 0) is 16.0 Å². The number of aryl methyl sites for hydroxylation is 1. The van der Waals surface area contributed by atoms with Gasteiger partial charge >= 0.3 is 0 Å². The van der Waals surface area contributed by atoms with Crippen molar-refractivity contribution in [1.29, 1.82) is 0 Å². The van der Waals surface area contributed by atoms with Gasteiger partial charge in [0.2, 0.25) is 11.8 Å². The molecule has 1 aromatic carbocycles. The van der Waals surface area contributed by atoms with Crippen molar-refractivity contribution in [3.8, 4) is 0 Å². The van der Waals surface area contributed by atoms with Gasteiger partial charge in [0.25, 0.3) is 0 Å². The second-order valence-corrected chi connectivity index (χ2v) is 7.52. The largest absolute Gasteiger partial charge is 0.351 e. The maximum atomic E-state index is 12.3. The third-order valence-electron chi connectivity index (χ3n) is 5.17. The van der Waals surface area contributed by atoms with Gasteiger partial charge in [-0.15, -0.1) is 0 Å². The Kier molecular flexibility index (Phi) is 5.44. The van der Waals surface area contributed by atoms with Crippen LogP contribution >= 0.6 is 11.6 Å². The zero-order valence-electron chi connectivity index (χ0n) is 14.1. The molecule has 5 heteroatoms. The van der Waals surface area contributed by atoms with E-state index in [1.165, 1.54) is 18.4 Å². The SMILES string of the molecule is CC(=O)N1C[C@H](NC(=O)CCCc2ccc(Cl)cc2)[C@@H](C2CC2)C1. The number of hydrogen-bond acceptors (Lipinski definition) is 2. The summed E-state index contributed by atoms with van der Waals surface area (Å²) in [6.07, 6.45) is 4.70. The first-order valence-corrected chi connectivity index (χ1v) is 9.20. The Labute approximate surface area is 148 Å². The zero-order chi connectivity index (χ0) is 17.1. The Hall–Kier alpha value is -1.55. The lowest BCUT2D eigenvalue weighted by Gasteiger charge is -2.19. The third kappa shape index (κ3) is 4.50. The van der Waals surface area contributed by atoms with Crippen molar-refractivity contribution in [2.24, 2.45) is 11.8 Å². The predicted molar refractivity (Wildman–Crippen MR) is 94.8 cm³/mol. The molecule has 2 fully saturated rings. The number of rotatable bonds is 6. The number of halogens is 1. The van der Waals surface area contributed by atoms with E-state index in [0.29, 0.717) is 24.8 Å². The van der Waals surface area contributed by atoms with Crippen molar-refractivity contribution in [2.45, 2.75) is 45.1 Å². The van der Waals surface area contributed by atoms with Crippen molar-refractivity contribution < 1.29 is 9.59 Å². The highest BCUT2D eigenvalue weighted by Crippen LogP contribution is 2.41. The van der Waals surface area contributed by atoms with Crippen LogP contribution in [0.1, 0.15) is 38.2 Å². The molecule has 1 heterocycles. The minimum absolute atomic E-state index is 0.102. The summed E-state index contributed by atoms with van der Waals surface area (Å²) < 4.78 is 0. The quantitative estimate of drug-likeness (QED) is 0.859. The molecule has 4 nitrogen and oxygen atoms in total. The Morgan fingerprint density at radius 1 is 1.21 bits per heavy atom. The molecule has 1 aliphatic heterocycles. The highest BCUT2D eigenvalue weighted by molar-refractivity contribution is 6.30. The number of benzene rings is 1. The van der Waals surface area contributed by atoms with Crippen LogP contribution in [0.4, 0.5) is 0 Å². The van der Waals surface area contributed by atoms with E-state index >= 15 is 0 Å². The second-order valence-electron chi connectivity index (χ2n) is 7.08. The number of likely N-dealkylation sites (tertiary alicyclic amines) is 1. The molecule has 1 saturated carbocycles. The minimum atomic E-state index is 0.102. The number of hydrogen-bond donors (Lipinski definition) is 1. The minimum Gasteiger partial charge on any atom is -0.351 e. The molecule has 0 aromatic heterocycles. The lowest BCUT2D eigenvalue weighted by atomic mass is 9.98. The first kappa shape index (κ1) is 17.3. The zero-order valence-corrected chi connectivity index (χ0v) is 14.9. The summed E-state index contributed by atoms with van der Waals surface area (Å²) in [5.74, 6) is 1.34. The fourth-order valence-electron chi connectivity index (χ4n) is 3.62. The summed E-state index contributed by atoms with van der Waals surface area (Å²) in [5, 5.41) is 3.91. The maximum absolute atomic E-state index is 12.3. The van der Waals surface area contributed by atoms with Gasteiger partial charge in [0.1, 0.15) is 0 Å². The van der Waals surface area contributed by atoms with Crippen molar-refractivity contribution in [3.05, 3.63) is 34.9 Å². The molecular weight excluding hydrogens is 324 g/mol. The standard InChI is InChI=1S/C19H25ClN2O2/c1-13(23)22-11-17(15-7-8-15)18(12-22)21-19(24)4-2-3-14-5-9-16(20)10-6-14/h5-6,9-10,15,17-18H,2-4,7-8,11-12H2,1H3,(H,21,24)/t17-,18+/m1/s1. The molecule has 3 rings (SSSR count). The van der Waals surface area contributed by atoms with Gasteiger partial charge in [-0.05, 0) is 49.3 Å². The number of carbonyl (C=O) groups is 2. The van der Waals surface area contributed by atoms with Gasteiger partial charge in [-0.1, -0.05) is 23.7 Å². The molecule has 0 spiro atoms. The Morgan fingerprint density at radius 2 is 1.92 bits per heavy atom. The van der Waals surface area contributed by atoms with Crippen LogP contribution in [0.3, 0.4) is 0 Å². The lowest BCUT2D eigenvalue weighted by Crippen LogP contribution is -2.41. The molecule has 1 saturated heterocycles. The summed E-state index contributed by atoms with van der Waals surface area (Å²) in [4.78, 5) is 25.8. The van der Waals surface area contributed by atoms with E-state index in [1.807, 2.05) is 29.2 Å². The number of nitrogens with one attached hydrogen (secondary N) is 1. The van der Waals surface area contributed by atoms with Gasteiger partial charge in [-0.3, -0.25) is 9.59 Å². The molecule has 2 aliphatic rings. The van der Waals surface area contributed by atoms with E-state index in [4.69, 9.17) is 11.6 Å². The molecule has 1 N–H and O–H groups in total. The highest BCUT2D eigenvalue weighted by Gasteiger charge is 2.43. The van der Waals surface area contributed by atoms with Gasteiger partial charge in [-0.25, -0.2) is 0 Å². The van der Waals surface area contributed by atoms with E-state index in [9.17, 15) is 9.59 Å². The molecule has 1 aliphatic carbocycles. The van der Waals surface area contributed by atoms with Crippen LogP contribution in [0.5, 0.6) is 0 Å². The lowest BCUT2D eigenvalue weighted by molar-refractivity contribution is -0.128. The Bertz CT molecular complexity index is 598. The molecule has 0 radical (unpaired) electrons. The van der Waals surface area contributed by atoms with Gasteiger partial charge in [0.05, 0.1) is 6.04 Å². The number of nitrogens with zero attached hydrogens (tertiary/aromatic N) is 1. The maximum Gasteiger partial charge on any atom is 0.220 e. The summed E-state index contributed by atoms with van der Waals surface area (Å²) >= 11 is 5.88. The molecule has 0 unspecified atom stereocenters. The summed E-state index contributed by atoms with van der Waals surface area (Å²) in [7, 11) is 0. The molecular formula is C19H25ClN2O2. The normalized spacial score (nSPS) is 23.3. The van der Waals surface area contributed by atoms with Crippen molar-refractivity contribution in [3.63, 3.8) is 0 Å². The third-order valence-corrected chi connectivity index (χ3v) is 5.42. The van der Waals surface area contributed by atoms with Crippen LogP contribution < -0.4 is 5.32 Å². The first-order valence-electron chi connectivity index (χ1n) is 8.82. The van der Waals surface area contributed by atoms with E-state index in [-0.39, 0.29) is 17.9 Å². The van der Waals surface area contributed by atoms with Gasteiger partial charge in [0.15, 0.2) is 0 Å². The van der Waals surface area contributed by atoms with Crippen LogP contribution in [0.25, 0.3) is 0 Å². The van der Waals surface area contributed by atoms with E-state index in [1.54, 1.807) is 6.92 Å². The van der Waals surface area contributed by atoms with Gasteiger partial charge in [-0.2, -0.15) is 0 Å². The Balaban J connectivity index is 1.45. The number of amides is 2. The summed E-state index contributed by atoms with van der Waals surface area (Å²) in [5.41, 5.74) is 1.20. The molecule has 130 valence electrons. The predicted octanol–water partition coefficient (Wildman–Crippen LogP) is 3.04. The molecule has 0 bridgehead atoms.